The molecule has 0 saturated heterocycles. The number of rotatable bonds is 6. The normalized spacial score (nSPS) is 14.3. The number of alkyl halides is 6. The summed E-state index contributed by atoms with van der Waals surface area (Å²) < 4.78 is 80.1. The molecule has 0 heterocycles. The van der Waals surface area contributed by atoms with E-state index in [9.17, 15) is 47.4 Å². The van der Waals surface area contributed by atoms with Gasteiger partial charge in [0, 0.05) is 28.3 Å². The number of ether oxygens (including phenoxy) is 1. The van der Waals surface area contributed by atoms with Crippen LogP contribution >= 0.6 is 0 Å². The molecule has 0 amide bonds. The minimum Gasteiger partial charge on any atom is -0.406 e. The Hall–Kier alpha value is -7.54. The van der Waals surface area contributed by atoms with Crippen LogP contribution in [-0.4, -0.2) is 12.7 Å². The first-order valence-electron chi connectivity index (χ1n) is 16.8. The first-order valence-corrected chi connectivity index (χ1v) is 16.8. The molecular formula is C44H23F6N5O. The van der Waals surface area contributed by atoms with Crippen LogP contribution in [0.4, 0.5) is 26.3 Å². The summed E-state index contributed by atoms with van der Waals surface area (Å²) in [6, 6.07) is 35.1. The van der Waals surface area contributed by atoms with Crippen molar-refractivity contribution < 1.29 is 31.1 Å². The second kappa shape index (κ2) is 14.4. The summed E-state index contributed by atoms with van der Waals surface area (Å²) in [6.07, 6.45) is -4.42. The Kier molecular flexibility index (Phi) is 9.44. The monoisotopic (exact) mass is 751 g/mol. The molecule has 5 aromatic carbocycles. The summed E-state index contributed by atoms with van der Waals surface area (Å²) >= 11 is 0. The fourth-order valence-corrected chi connectivity index (χ4v) is 7.00. The van der Waals surface area contributed by atoms with E-state index in [4.69, 9.17) is 0 Å². The Bertz CT molecular complexity index is 2650. The molecule has 0 radical (unpaired) electrons. The molecule has 56 heavy (non-hydrogen) atoms. The van der Waals surface area contributed by atoms with Gasteiger partial charge in [-0.1, -0.05) is 72.8 Å². The maximum atomic E-state index is 12.8. The van der Waals surface area contributed by atoms with Crippen LogP contribution < -0.4 is 10.1 Å². The van der Waals surface area contributed by atoms with Crippen molar-refractivity contribution in [1.82, 2.24) is 5.32 Å². The van der Waals surface area contributed by atoms with Gasteiger partial charge in [-0.2, -0.15) is 34.2 Å². The maximum Gasteiger partial charge on any atom is 0.573 e. The largest absolute Gasteiger partial charge is 0.573 e. The van der Waals surface area contributed by atoms with Gasteiger partial charge < -0.3 is 4.74 Å². The van der Waals surface area contributed by atoms with E-state index >= 15 is 0 Å². The average Bonchev–Trinajstić information content (AvgIpc) is 3.48. The molecule has 2 aliphatic rings. The Labute approximate surface area is 316 Å². The van der Waals surface area contributed by atoms with Gasteiger partial charge in [0.2, 0.25) is 0 Å². The van der Waals surface area contributed by atoms with E-state index in [1.165, 1.54) is 41.7 Å². The summed E-state index contributed by atoms with van der Waals surface area (Å²) in [5.41, 5.74) is 7.48. The van der Waals surface area contributed by atoms with Gasteiger partial charge in [0.1, 0.15) is 23.5 Å². The van der Waals surface area contributed by atoms with E-state index in [-0.39, 0.29) is 34.1 Å². The zero-order chi connectivity index (χ0) is 39.8. The molecule has 0 spiro atoms. The van der Waals surface area contributed by atoms with Crippen molar-refractivity contribution in [2.45, 2.75) is 25.0 Å². The molecule has 0 saturated carbocycles. The molecule has 1 atom stereocenters. The van der Waals surface area contributed by atoms with Gasteiger partial charge in [0.15, 0.2) is 0 Å². The molecule has 1 unspecified atom stereocenters. The number of allylic oxidation sites excluding steroid dienone is 4. The molecule has 0 fully saturated rings. The molecule has 0 aliphatic heterocycles. The Morgan fingerprint density at radius 3 is 1.52 bits per heavy atom. The molecule has 7 rings (SSSR count). The van der Waals surface area contributed by atoms with Crippen molar-refractivity contribution >= 4 is 5.57 Å². The first kappa shape index (κ1) is 36.8. The Morgan fingerprint density at radius 1 is 0.607 bits per heavy atom. The molecular weight excluding hydrogens is 729 g/mol. The number of nitrogens with zero attached hydrogens (tertiary/aromatic N) is 4. The lowest BCUT2D eigenvalue weighted by molar-refractivity contribution is -0.274. The highest BCUT2D eigenvalue weighted by molar-refractivity contribution is 6.07. The van der Waals surface area contributed by atoms with E-state index in [1.54, 1.807) is 48.5 Å². The summed E-state index contributed by atoms with van der Waals surface area (Å²) in [4.78, 5) is 0. The van der Waals surface area contributed by atoms with Crippen molar-refractivity contribution in [3.05, 3.63) is 154 Å². The van der Waals surface area contributed by atoms with Crippen LogP contribution in [0, 0.1) is 45.3 Å². The molecule has 0 aromatic heterocycles. The molecule has 5 aromatic rings. The minimum atomic E-state index is -4.81. The number of nitrogens with one attached hydrogen (secondary N) is 1. The predicted octanol–water partition coefficient (Wildman–Crippen LogP) is 11.2. The van der Waals surface area contributed by atoms with Crippen LogP contribution in [0.15, 0.2) is 127 Å². The van der Waals surface area contributed by atoms with Gasteiger partial charge in [-0.05, 0) is 99.0 Å². The number of benzene rings is 5. The van der Waals surface area contributed by atoms with E-state index in [1.807, 2.05) is 42.5 Å². The van der Waals surface area contributed by atoms with Crippen molar-refractivity contribution in [3.8, 4) is 74.5 Å². The molecule has 1 N–H and O–H groups in total. The fraction of sp³-hybridized carbons (Fsp3) is 0.0909. The number of fused-ring (bicyclic) bond motifs is 3. The van der Waals surface area contributed by atoms with Crippen molar-refractivity contribution in [1.29, 1.82) is 21.0 Å². The second-order valence-electron chi connectivity index (χ2n) is 12.8. The van der Waals surface area contributed by atoms with Gasteiger partial charge in [-0.25, -0.2) is 0 Å². The van der Waals surface area contributed by atoms with Gasteiger partial charge in [-0.3, -0.25) is 5.32 Å². The van der Waals surface area contributed by atoms with Crippen LogP contribution in [0.5, 0.6) is 5.75 Å². The van der Waals surface area contributed by atoms with Crippen LogP contribution in [0.3, 0.4) is 0 Å². The van der Waals surface area contributed by atoms with Crippen LogP contribution in [0.1, 0.15) is 40.2 Å². The number of nitriles is 4. The van der Waals surface area contributed by atoms with Crippen molar-refractivity contribution in [2.24, 2.45) is 0 Å². The van der Waals surface area contributed by atoms with E-state index in [0.717, 1.165) is 5.56 Å². The van der Waals surface area contributed by atoms with Gasteiger partial charge in [-0.15, -0.1) is 13.2 Å². The molecule has 0 bridgehead atoms. The van der Waals surface area contributed by atoms with Gasteiger partial charge in [0.25, 0.3) is 0 Å². The van der Waals surface area contributed by atoms with Gasteiger partial charge in [0.05, 0.1) is 23.3 Å². The summed E-state index contributed by atoms with van der Waals surface area (Å²) in [7, 11) is 0. The van der Waals surface area contributed by atoms with E-state index in [0.29, 0.717) is 67.6 Å². The number of halogens is 6. The molecule has 6 nitrogen and oxygen atoms in total. The third-order valence-corrected chi connectivity index (χ3v) is 9.51. The predicted molar refractivity (Wildman–Crippen MR) is 195 cm³/mol. The lowest BCUT2D eigenvalue weighted by Crippen LogP contribution is -2.30. The summed E-state index contributed by atoms with van der Waals surface area (Å²) in [5, 5.41) is 42.0. The highest BCUT2D eigenvalue weighted by Crippen LogP contribution is 2.50. The Morgan fingerprint density at radius 2 is 1.09 bits per heavy atom. The van der Waals surface area contributed by atoms with E-state index < -0.39 is 12.7 Å². The molecule has 12 heteroatoms. The summed E-state index contributed by atoms with van der Waals surface area (Å²) in [5.74, 6) is -0.508. The van der Waals surface area contributed by atoms with Crippen LogP contribution in [0.2, 0.25) is 0 Å². The highest BCUT2D eigenvalue weighted by Gasteiger charge is 2.32. The first-order chi connectivity index (χ1) is 26.8. The lowest BCUT2D eigenvalue weighted by Gasteiger charge is -2.19. The number of hydrogen-bond acceptors (Lipinski definition) is 6. The smallest absolute Gasteiger partial charge is 0.406 e. The molecule has 2 aliphatic carbocycles. The Balaban J connectivity index is 1.26. The maximum absolute atomic E-state index is 12.8. The van der Waals surface area contributed by atoms with Gasteiger partial charge >= 0.3 is 12.7 Å². The SMILES string of the molecule is N#CC(C#N)=C1c2cc(C#N)c(-c3ccc(-c4ccc(OC(F)(F)F)cc4)cc3)cc2-c2cc(-c3ccc(C4C=CC(NC(F)(F)F)=CC4)cc3)c(C#N)cc21. The fourth-order valence-electron chi connectivity index (χ4n) is 7.00. The zero-order valence-corrected chi connectivity index (χ0v) is 28.7. The van der Waals surface area contributed by atoms with Crippen molar-refractivity contribution in [3.63, 3.8) is 0 Å². The topological polar surface area (TPSA) is 116 Å². The molecule has 272 valence electrons. The lowest BCUT2D eigenvalue weighted by atomic mass is 9.88. The second-order valence-corrected chi connectivity index (χ2v) is 12.8. The zero-order valence-electron chi connectivity index (χ0n) is 28.7. The van der Waals surface area contributed by atoms with Crippen LogP contribution in [-0.2, 0) is 0 Å². The summed E-state index contributed by atoms with van der Waals surface area (Å²) in [6.45, 7) is 0. The minimum absolute atomic E-state index is 0.0268. The van der Waals surface area contributed by atoms with E-state index in [2.05, 4.69) is 16.9 Å². The van der Waals surface area contributed by atoms with Crippen molar-refractivity contribution in [2.75, 3.05) is 0 Å². The highest BCUT2D eigenvalue weighted by atomic mass is 19.4. The quantitative estimate of drug-likeness (QED) is 0.103. The average molecular weight is 752 g/mol. The standard InChI is InChI=1S/C44H23F6N5O/c45-43(46,47)55-34-13-9-27(10-14-34)25-1-5-29(6-2-25)36-19-38-39-20-37(30-7-3-26(4-8-30)28-11-15-35(16-12-28)56-44(48,49)50)32(22-52)18-41(39)42(33(23-53)24-54)40(38)17-31(36)21-51/h1-9,11-20,27,55H,10H2. The number of hydrogen-bond donors (Lipinski definition) is 1. The van der Waals surface area contributed by atoms with Crippen LogP contribution in [0.25, 0.3) is 50.1 Å². The third kappa shape index (κ3) is 7.33. The third-order valence-electron chi connectivity index (χ3n) is 9.51.